The molecule has 6 nitrogen and oxygen atoms in total. The molecule has 0 aliphatic carbocycles. The zero-order valence-electron chi connectivity index (χ0n) is 14.4. The number of pyridine rings is 1. The number of aromatic nitrogens is 3. The van der Waals surface area contributed by atoms with E-state index >= 15 is 0 Å². The number of aryl methyl sites for hydroxylation is 2. The zero-order valence-corrected chi connectivity index (χ0v) is 14.4. The molecule has 4 rings (SSSR count). The van der Waals surface area contributed by atoms with Crippen LogP contribution < -0.4 is 5.32 Å². The predicted octanol–water partition coefficient (Wildman–Crippen LogP) is 2.06. The number of imidazole rings is 1. The zero-order chi connectivity index (χ0) is 17.4. The number of nitrogens with one attached hydrogen (secondary N) is 1. The Balaban J connectivity index is 1.78. The molecule has 1 aromatic carbocycles. The highest BCUT2D eigenvalue weighted by atomic mass is 16.2. The quantitative estimate of drug-likeness (QED) is 0.779. The lowest BCUT2D eigenvalue weighted by Crippen LogP contribution is -2.49. The first kappa shape index (κ1) is 15.8. The van der Waals surface area contributed by atoms with E-state index in [1.165, 1.54) is 0 Å². The summed E-state index contributed by atoms with van der Waals surface area (Å²) < 4.78 is 1.98. The highest BCUT2D eigenvalue weighted by Gasteiger charge is 2.31. The third-order valence-corrected chi connectivity index (χ3v) is 4.74. The van der Waals surface area contributed by atoms with Crippen LogP contribution in [0, 0.1) is 6.92 Å². The van der Waals surface area contributed by atoms with Crippen LogP contribution in [0.2, 0.25) is 0 Å². The number of para-hydroxylation sites is 1. The van der Waals surface area contributed by atoms with Crippen molar-refractivity contribution in [1.82, 2.24) is 24.8 Å². The topological polar surface area (TPSA) is 63.1 Å². The van der Waals surface area contributed by atoms with Gasteiger partial charge >= 0.3 is 0 Å². The average molecular weight is 335 g/mol. The first-order chi connectivity index (χ1) is 12.1. The van der Waals surface area contributed by atoms with Crippen LogP contribution in [0.3, 0.4) is 0 Å². The Hall–Kier alpha value is -2.73. The Kier molecular flexibility index (Phi) is 3.97. The summed E-state index contributed by atoms with van der Waals surface area (Å²) in [5.74, 6) is 0.937. The molecule has 128 valence electrons. The van der Waals surface area contributed by atoms with Crippen molar-refractivity contribution in [2.24, 2.45) is 7.05 Å². The Morgan fingerprint density at radius 2 is 2.16 bits per heavy atom. The van der Waals surface area contributed by atoms with Crippen LogP contribution in [0.1, 0.15) is 27.9 Å². The van der Waals surface area contributed by atoms with E-state index in [9.17, 15) is 4.79 Å². The van der Waals surface area contributed by atoms with Crippen molar-refractivity contribution in [2.45, 2.75) is 13.0 Å². The maximum absolute atomic E-state index is 13.4. The number of fused-ring (bicyclic) bond motifs is 1. The number of rotatable bonds is 2. The van der Waals surface area contributed by atoms with Gasteiger partial charge in [-0.2, -0.15) is 0 Å². The van der Waals surface area contributed by atoms with Crippen molar-refractivity contribution < 1.29 is 4.79 Å². The number of carbonyl (C=O) groups is 1. The number of hydrogen-bond donors (Lipinski definition) is 1. The van der Waals surface area contributed by atoms with E-state index < -0.39 is 0 Å². The molecule has 1 saturated heterocycles. The van der Waals surface area contributed by atoms with Gasteiger partial charge < -0.3 is 14.8 Å². The van der Waals surface area contributed by atoms with E-state index in [0.29, 0.717) is 18.7 Å². The van der Waals surface area contributed by atoms with Gasteiger partial charge in [0, 0.05) is 50.2 Å². The lowest BCUT2D eigenvalue weighted by Gasteiger charge is -2.36. The molecule has 3 aromatic rings. The van der Waals surface area contributed by atoms with Crippen molar-refractivity contribution in [3.05, 3.63) is 59.8 Å². The molecule has 1 aliphatic heterocycles. The smallest absolute Gasteiger partial charge is 0.255 e. The molecule has 0 radical (unpaired) electrons. The highest BCUT2D eigenvalue weighted by Crippen LogP contribution is 2.26. The summed E-state index contributed by atoms with van der Waals surface area (Å²) in [5.41, 5.74) is 2.42. The van der Waals surface area contributed by atoms with Crippen LogP contribution >= 0.6 is 0 Å². The number of hydrogen-bond acceptors (Lipinski definition) is 4. The molecule has 1 amide bonds. The van der Waals surface area contributed by atoms with E-state index in [-0.39, 0.29) is 11.9 Å². The van der Waals surface area contributed by atoms with Gasteiger partial charge in [-0.05, 0) is 19.1 Å². The van der Waals surface area contributed by atoms with Gasteiger partial charge in [-0.1, -0.05) is 18.2 Å². The lowest BCUT2D eigenvalue weighted by atomic mass is 10.0. The van der Waals surface area contributed by atoms with Gasteiger partial charge in [-0.15, -0.1) is 0 Å². The van der Waals surface area contributed by atoms with Crippen LogP contribution in [0.25, 0.3) is 10.9 Å². The van der Waals surface area contributed by atoms with Crippen molar-refractivity contribution in [3.63, 3.8) is 0 Å². The minimum atomic E-state index is -0.0755. The summed E-state index contributed by atoms with van der Waals surface area (Å²) in [6, 6.07) is 9.63. The van der Waals surface area contributed by atoms with Crippen molar-refractivity contribution >= 4 is 16.8 Å². The number of piperazine rings is 1. The van der Waals surface area contributed by atoms with Crippen LogP contribution in [-0.4, -0.2) is 45.0 Å². The van der Waals surface area contributed by atoms with E-state index in [4.69, 9.17) is 0 Å². The summed E-state index contributed by atoms with van der Waals surface area (Å²) in [6.07, 6.45) is 3.69. The first-order valence-corrected chi connectivity index (χ1v) is 8.50. The molecule has 1 N–H and O–H groups in total. The van der Waals surface area contributed by atoms with Crippen molar-refractivity contribution in [1.29, 1.82) is 0 Å². The third-order valence-electron chi connectivity index (χ3n) is 4.74. The molecule has 1 atom stereocenters. The van der Waals surface area contributed by atoms with Gasteiger partial charge in [0.1, 0.15) is 11.9 Å². The molecule has 1 fully saturated rings. The van der Waals surface area contributed by atoms with Crippen LogP contribution in [0.5, 0.6) is 0 Å². The first-order valence-electron chi connectivity index (χ1n) is 8.50. The monoisotopic (exact) mass is 335 g/mol. The Morgan fingerprint density at radius 3 is 2.96 bits per heavy atom. The molecule has 0 bridgehead atoms. The molecule has 0 spiro atoms. The number of benzene rings is 1. The Labute approximate surface area is 146 Å². The molecular formula is C19H21N5O. The molecular weight excluding hydrogens is 314 g/mol. The summed E-state index contributed by atoms with van der Waals surface area (Å²) in [6.45, 7) is 4.08. The second kappa shape index (κ2) is 6.29. The summed E-state index contributed by atoms with van der Waals surface area (Å²) in [7, 11) is 1.96. The maximum atomic E-state index is 13.4. The predicted molar refractivity (Wildman–Crippen MR) is 96.3 cm³/mol. The molecule has 0 saturated carbocycles. The van der Waals surface area contributed by atoms with Gasteiger partial charge in [0.05, 0.1) is 11.1 Å². The fourth-order valence-electron chi connectivity index (χ4n) is 3.52. The van der Waals surface area contributed by atoms with Gasteiger partial charge in [0.2, 0.25) is 0 Å². The van der Waals surface area contributed by atoms with Crippen molar-refractivity contribution in [3.8, 4) is 0 Å². The van der Waals surface area contributed by atoms with Gasteiger partial charge in [0.15, 0.2) is 0 Å². The second-order valence-corrected chi connectivity index (χ2v) is 6.44. The number of amides is 1. The normalized spacial score (nSPS) is 17.8. The highest BCUT2D eigenvalue weighted by molar-refractivity contribution is 6.06. The maximum Gasteiger partial charge on any atom is 0.255 e. The van der Waals surface area contributed by atoms with Gasteiger partial charge in [-0.3, -0.25) is 9.78 Å². The fourth-order valence-corrected chi connectivity index (χ4v) is 3.52. The van der Waals surface area contributed by atoms with Gasteiger partial charge in [-0.25, -0.2) is 4.98 Å². The minimum Gasteiger partial charge on any atom is -0.336 e. The molecule has 6 heteroatoms. The average Bonchev–Trinajstić information content (AvgIpc) is 3.06. The van der Waals surface area contributed by atoms with Crippen LogP contribution in [-0.2, 0) is 7.05 Å². The Morgan fingerprint density at radius 1 is 1.32 bits per heavy atom. The fraction of sp³-hybridized carbons (Fsp3) is 0.316. The SMILES string of the molecule is Cc1cc(C(=O)N2CCNCC2c2nccn2C)c2ccccc2n1. The molecule has 2 aromatic heterocycles. The van der Waals surface area contributed by atoms with E-state index in [1.807, 2.05) is 60.0 Å². The second-order valence-electron chi connectivity index (χ2n) is 6.44. The van der Waals surface area contributed by atoms with E-state index in [1.54, 1.807) is 6.20 Å². The summed E-state index contributed by atoms with van der Waals surface area (Å²) >= 11 is 0. The van der Waals surface area contributed by atoms with Gasteiger partial charge in [0.25, 0.3) is 5.91 Å². The van der Waals surface area contributed by atoms with Crippen LogP contribution in [0.4, 0.5) is 0 Å². The standard InChI is InChI=1S/C19H21N5O/c1-13-11-15(14-5-3-4-6-16(14)22-13)19(25)24-10-7-20-12-17(24)18-21-8-9-23(18)2/h3-6,8-9,11,17,20H,7,10,12H2,1-2H3. The summed E-state index contributed by atoms with van der Waals surface area (Å²) in [5, 5.41) is 4.27. The number of carbonyl (C=O) groups excluding carboxylic acids is 1. The minimum absolute atomic E-state index is 0.0381. The largest absolute Gasteiger partial charge is 0.336 e. The van der Waals surface area contributed by atoms with E-state index in [2.05, 4.69) is 15.3 Å². The Bertz CT molecular complexity index is 932. The van der Waals surface area contributed by atoms with Crippen LogP contribution in [0.15, 0.2) is 42.7 Å². The molecule has 1 unspecified atom stereocenters. The number of nitrogens with zero attached hydrogens (tertiary/aromatic N) is 4. The molecule has 25 heavy (non-hydrogen) atoms. The van der Waals surface area contributed by atoms with Crippen molar-refractivity contribution in [2.75, 3.05) is 19.6 Å². The molecule has 3 heterocycles. The lowest BCUT2D eigenvalue weighted by molar-refractivity contribution is 0.0622. The third kappa shape index (κ3) is 2.78. The molecule has 1 aliphatic rings. The van der Waals surface area contributed by atoms with E-state index in [0.717, 1.165) is 29.0 Å². The summed E-state index contributed by atoms with van der Waals surface area (Å²) in [4.78, 5) is 24.4.